The number of nitrogens with zero attached hydrogens (tertiary/aromatic N) is 1. The van der Waals surface area contributed by atoms with Crippen LogP contribution in [0.5, 0.6) is 0 Å². The number of benzene rings is 1. The second-order valence-electron chi connectivity index (χ2n) is 5.36. The maximum atomic E-state index is 12.5. The number of hydrogen-bond donors (Lipinski definition) is 3. The summed E-state index contributed by atoms with van der Waals surface area (Å²) in [5.74, 6) is 0. The number of H-pyrrole nitrogens is 2. The summed E-state index contributed by atoms with van der Waals surface area (Å²) in [6, 6.07) is 5.05. The van der Waals surface area contributed by atoms with Crippen LogP contribution in [-0.2, 0) is 10.0 Å². The van der Waals surface area contributed by atoms with E-state index in [1.807, 2.05) is 30.9 Å². The third-order valence-electron chi connectivity index (χ3n) is 3.29. The average Bonchev–Trinajstić information content (AvgIpc) is 2.38. The molecule has 1 aromatic heterocycles. The van der Waals surface area contributed by atoms with Crippen LogP contribution in [0.3, 0.4) is 0 Å². The zero-order valence-corrected chi connectivity index (χ0v) is 14.0. The smallest absolute Gasteiger partial charge is 0.325 e. The highest BCUT2D eigenvalue weighted by molar-refractivity contribution is 7.92. The van der Waals surface area contributed by atoms with Gasteiger partial charge in [0.2, 0.25) is 0 Å². The van der Waals surface area contributed by atoms with E-state index in [0.29, 0.717) is 5.69 Å². The van der Waals surface area contributed by atoms with E-state index in [9.17, 15) is 18.0 Å². The van der Waals surface area contributed by atoms with Crippen LogP contribution < -0.4 is 20.9 Å². The van der Waals surface area contributed by atoms with Gasteiger partial charge in [0.05, 0.1) is 5.69 Å². The number of aromatic nitrogens is 2. The van der Waals surface area contributed by atoms with Gasteiger partial charge in [0.1, 0.15) is 0 Å². The van der Waals surface area contributed by atoms with Crippen LogP contribution >= 0.6 is 0 Å². The Morgan fingerprint density at radius 3 is 2.30 bits per heavy atom. The second-order valence-corrected chi connectivity index (χ2v) is 6.98. The zero-order valence-electron chi connectivity index (χ0n) is 13.2. The second kappa shape index (κ2) is 5.92. The van der Waals surface area contributed by atoms with Crippen molar-refractivity contribution in [3.63, 3.8) is 0 Å². The minimum atomic E-state index is -4.13. The zero-order chi connectivity index (χ0) is 17.4. The summed E-state index contributed by atoms with van der Waals surface area (Å²) < 4.78 is 27.3. The Kier molecular flexibility index (Phi) is 4.33. The molecular formula is C14H18N4O4S. The summed E-state index contributed by atoms with van der Waals surface area (Å²) in [6.07, 6.45) is 0. The SMILES string of the molecule is Cc1ccc(NS(=O)(=O)c2c(C)[nH]c(=O)[nH]c2=O)cc1N(C)C. The predicted molar refractivity (Wildman–Crippen MR) is 88.7 cm³/mol. The fraction of sp³-hybridized carbons (Fsp3) is 0.286. The van der Waals surface area contributed by atoms with Crippen molar-refractivity contribution < 1.29 is 8.42 Å². The molecule has 0 amide bonds. The number of anilines is 2. The van der Waals surface area contributed by atoms with E-state index in [4.69, 9.17) is 0 Å². The van der Waals surface area contributed by atoms with Crippen molar-refractivity contribution in [3.8, 4) is 0 Å². The fourth-order valence-electron chi connectivity index (χ4n) is 2.27. The molecule has 9 heteroatoms. The van der Waals surface area contributed by atoms with E-state index < -0.39 is 26.2 Å². The lowest BCUT2D eigenvalue weighted by molar-refractivity contribution is 0.598. The van der Waals surface area contributed by atoms with Crippen LogP contribution in [0.4, 0.5) is 11.4 Å². The molecule has 0 radical (unpaired) electrons. The van der Waals surface area contributed by atoms with Crippen molar-refractivity contribution >= 4 is 21.4 Å². The van der Waals surface area contributed by atoms with E-state index in [-0.39, 0.29) is 5.69 Å². The van der Waals surface area contributed by atoms with Gasteiger partial charge in [0.25, 0.3) is 15.6 Å². The average molecular weight is 338 g/mol. The van der Waals surface area contributed by atoms with Crippen LogP contribution in [0.1, 0.15) is 11.3 Å². The van der Waals surface area contributed by atoms with Crippen molar-refractivity contribution in [2.75, 3.05) is 23.7 Å². The van der Waals surface area contributed by atoms with E-state index in [1.54, 1.807) is 18.2 Å². The predicted octanol–water partition coefficient (Wildman–Crippen LogP) is 0.547. The first-order chi connectivity index (χ1) is 10.6. The summed E-state index contributed by atoms with van der Waals surface area (Å²) >= 11 is 0. The molecule has 0 unspecified atom stereocenters. The van der Waals surface area contributed by atoms with Crippen molar-refractivity contribution in [2.24, 2.45) is 0 Å². The molecule has 2 rings (SSSR count). The minimum absolute atomic E-state index is 0.0220. The van der Waals surface area contributed by atoms with Crippen LogP contribution in [-0.4, -0.2) is 32.5 Å². The molecule has 2 aromatic rings. The number of aromatic amines is 2. The molecule has 0 atom stereocenters. The lowest BCUT2D eigenvalue weighted by Crippen LogP contribution is -2.31. The molecule has 0 aliphatic carbocycles. The largest absolute Gasteiger partial charge is 0.377 e. The molecule has 0 spiro atoms. The van der Waals surface area contributed by atoms with Crippen LogP contribution in [0, 0.1) is 13.8 Å². The molecule has 0 saturated carbocycles. The molecule has 0 fully saturated rings. The molecular weight excluding hydrogens is 320 g/mol. The number of aryl methyl sites for hydroxylation is 2. The van der Waals surface area contributed by atoms with Crippen LogP contribution in [0.2, 0.25) is 0 Å². The van der Waals surface area contributed by atoms with Gasteiger partial charge in [-0.1, -0.05) is 6.07 Å². The van der Waals surface area contributed by atoms with Crippen molar-refractivity contribution in [1.29, 1.82) is 0 Å². The van der Waals surface area contributed by atoms with Crippen LogP contribution in [0.15, 0.2) is 32.7 Å². The Labute approximate surface area is 133 Å². The molecule has 0 aliphatic heterocycles. The van der Waals surface area contributed by atoms with Crippen molar-refractivity contribution in [1.82, 2.24) is 9.97 Å². The Bertz CT molecular complexity index is 957. The quantitative estimate of drug-likeness (QED) is 0.753. The molecule has 8 nitrogen and oxygen atoms in total. The lowest BCUT2D eigenvalue weighted by Gasteiger charge is -2.17. The molecule has 0 aliphatic rings. The highest BCUT2D eigenvalue weighted by atomic mass is 32.2. The van der Waals surface area contributed by atoms with Gasteiger partial charge in [0, 0.05) is 25.5 Å². The lowest BCUT2D eigenvalue weighted by atomic mass is 10.2. The maximum absolute atomic E-state index is 12.5. The Hall–Kier alpha value is -2.55. The highest BCUT2D eigenvalue weighted by Gasteiger charge is 2.22. The summed E-state index contributed by atoms with van der Waals surface area (Å²) in [5, 5.41) is 0. The Morgan fingerprint density at radius 1 is 1.09 bits per heavy atom. The van der Waals surface area contributed by atoms with Gasteiger partial charge in [-0.15, -0.1) is 0 Å². The van der Waals surface area contributed by atoms with E-state index >= 15 is 0 Å². The Morgan fingerprint density at radius 2 is 1.74 bits per heavy atom. The third kappa shape index (κ3) is 3.45. The van der Waals surface area contributed by atoms with E-state index in [2.05, 4.69) is 9.71 Å². The van der Waals surface area contributed by atoms with Gasteiger partial charge >= 0.3 is 5.69 Å². The minimum Gasteiger partial charge on any atom is -0.377 e. The van der Waals surface area contributed by atoms with Gasteiger partial charge in [-0.25, -0.2) is 13.2 Å². The van der Waals surface area contributed by atoms with E-state index in [0.717, 1.165) is 11.3 Å². The number of rotatable bonds is 4. The van der Waals surface area contributed by atoms with Crippen molar-refractivity contribution in [3.05, 3.63) is 50.3 Å². The first-order valence-corrected chi connectivity index (χ1v) is 8.24. The van der Waals surface area contributed by atoms with Gasteiger partial charge in [-0.05, 0) is 31.5 Å². The molecule has 3 N–H and O–H groups in total. The standard InChI is InChI=1S/C14H18N4O4S/c1-8-5-6-10(7-11(8)18(3)4)17-23(21,22)12-9(2)15-14(20)16-13(12)19/h5-7,17H,1-4H3,(H2,15,16,19,20). The van der Waals surface area contributed by atoms with Gasteiger partial charge in [-0.2, -0.15) is 0 Å². The molecule has 23 heavy (non-hydrogen) atoms. The third-order valence-corrected chi connectivity index (χ3v) is 4.82. The summed E-state index contributed by atoms with van der Waals surface area (Å²) in [6.45, 7) is 3.26. The molecule has 0 bridgehead atoms. The van der Waals surface area contributed by atoms with Gasteiger partial charge in [0.15, 0.2) is 4.90 Å². The fourth-order valence-corrected chi connectivity index (χ4v) is 3.56. The Balaban J connectivity index is 2.50. The topological polar surface area (TPSA) is 115 Å². The van der Waals surface area contributed by atoms with E-state index in [1.165, 1.54) is 6.92 Å². The molecule has 0 saturated heterocycles. The van der Waals surface area contributed by atoms with Gasteiger partial charge < -0.3 is 9.88 Å². The first-order valence-electron chi connectivity index (χ1n) is 6.76. The first kappa shape index (κ1) is 16.8. The monoisotopic (exact) mass is 338 g/mol. The molecule has 1 aromatic carbocycles. The highest BCUT2D eigenvalue weighted by Crippen LogP contribution is 2.24. The number of nitrogens with one attached hydrogen (secondary N) is 3. The van der Waals surface area contributed by atoms with Crippen LogP contribution in [0.25, 0.3) is 0 Å². The molecule has 1 heterocycles. The van der Waals surface area contributed by atoms with Crippen molar-refractivity contribution in [2.45, 2.75) is 18.7 Å². The maximum Gasteiger partial charge on any atom is 0.325 e. The summed E-state index contributed by atoms with van der Waals surface area (Å²) in [4.78, 5) is 28.5. The number of sulfonamides is 1. The number of hydrogen-bond acceptors (Lipinski definition) is 5. The summed E-state index contributed by atoms with van der Waals surface area (Å²) in [7, 11) is -0.440. The summed E-state index contributed by atoms with van der Waals surface area (Å²) in [5.41, 5.74) is 0.416. The normalized spacial score (nSPS) is 11.3. The molecule has 124 valence electrons. The van der Waals surface area contributed by atoms with Gasteiger partial charge in [-0.3, -0.25) is 14.5 Å².